The van der Waals surface area contributed by atoms with Crippen LogP contribution < -0.4 is 10.1 Å². The molecular formula is C26H44Br2ClF4I3N4OV-. The second kappa shape index (κ2) is 30.1. The predicted molar refractivity (Wildman–Crippen MR) is 203 cm³/mol. The second-order valence-corrected chi connectivity index (χ2v) is 45.0. The van der Waals surface area contributed by atoms with Gasteiger partial charge in [-0.3, -0.25) is 14.9 Å². The summed E-state index contributed by atoms with van der Waals surface area (Å²) in [4.78, 5) is 9.36. The molecule has 2 aliphatic rings. The molecule has 4 heterocycles. The Hall–Kier alpha value is 1.76. The summed E-state index contributed by atoms with van der Waals surface area (Å²) >= 11 is 14.0. The third-order valence-electron chi connectivity index (χ3n) is 4.38. The van der Waals surface area contributed by atoms with E-state index in [0.717, 1.165) is 26.7 Å². The van der Waals surface area contributed by atoms with Gasteiger partial charge in [0.15, 0.2) is 0 Å². The van der Waals surface area contributed by atoms with Crippen molar-refractivity contribution in [1.82, 2.24) is 20.2 Å². The van der Waals surface area contributed by atoms with Crippen LogP contribution in [0.4, 0.5) is 17.6 Å². The summed E-state index contributed by atoms with van der Waals surface area (Å²) in [5.41, 5.74) is 0.960. The zero-order valence-corrected chi connectivity index (χ0v) is 33.2. The SMILES string of the molecule is C.C.C.COc1cncc(Br)c1.Cl.FC1(F)CCN(Cc2cncc(Br)c2)C1.FC1(F)CCNC1.[CH2-]CC.[I][V]([I])[I]. The zero-order valence-electron chi connectivity index (χ0n) is 21.3. The van der Waals surface area contributed by atoms with E-state index in [4.69, 9.17) is 4.74 Å². The maximum absolute atomic E-state index is 12.9. The second-order valence-electron chi connectivity index (χ2n) is 7.85. The van der Waals surface area contributed by atoms with E-state index in [1.165, 1.54) is 0 Å². The first-order valence-electron chi connectivity index (χ1n) is 11.2. The number of hydrogen-bond donors (Lipinski definition) is 1. The molecule has 2 aromatic rings. The fourth-order valence-electron chi connectivity index (χ4n) is 2.88. The minimum atomic E-state index is -2.51. The van der Waals surface area contributed by atoms with Crippen molar-refractivity contribution < 1.29 is 27.2 Å². The quantitative estimate of drug-likeness (QED) is 0.189. The Morgan fingerprint density at radius 1 is 0.976 bits per heavy atom. The van der Waals surface area contributed by atoms with Crippen molar-refractivity contribution >= 4 is 104 Å². The summed E-state index contributed by atoms with van der Waals surface area (Å²) < 4.78 is 56.3. The van der Waals surface area contributed by atoms with Crippen molar-refractivity contribution in [3.05, 3.63) is 58.4 Å². The molecule has 16 heteroatoms. The molecule has 0 bridgehead atoms. The van der Waals surface area contributed by atoms with E-state index in [9.17, 15) is 17.6 Å². The van der Waals surface area contributed by atoms with Gasteiger partial charge in [-0.1, -0.05) is 29.2 Å². The average molecular weight is 1130 g/mol. The Balaban J connectivity index is -0.000000147. The summed E-state index contributed by atoms with van der Waals surface area (Å²) in [5, 5.41) is 2.56. The number of alkyl halides is 4. The molecule has 1 N–H and O–H groups in total. The molecule has 0 unspecified atom stereocenters. The van der Waals surface area contributed by atoms with Crippen LogP contribution in [-0.4, -0.2) is 60.0 Å². The van der Waals surface area contributed by atoms with Gasteiger partial charge in [0, 0.05) is 60.0 Å². The fraction of sp³-hybridized carbons (Fsp3) is 0.577. The number of nitrogens with zero attached hydrogens (tertiary/aromatic N) is 3. The van der Waals surface area contributed by atoms with Gasteiger partial charge in [-0.15, -0.1) is 12.4 Å². The number of ether oxygens (including phenoxy) is 1. The van der Waals surface area contributed by atoms with E-state index in [-0.39, 0.29) is 65.5 Å². The fourth-order valence-corrected chi connectivity index (χ4v) is 3.63. The number of rotatable bonds is 3. The summed E-state index contributed by atoms with van der Waals surface area (Å²) in [6, 6.07) is 3.76. The van der Waals surface area contributed by atoms with Crippen molar-refractivity contribution in [2.45, 2.75) is 66.9 Å². The van der Waals surface area contributed by atoms with Gasteiger partial charge in [0.05, 0.1) is 26.4 Å². The molecule has 0 aliphatic carbocycles. The number of halogens is 10. The summed E-state index contributed by atoms with van der Waals surface area (Å²) in [6.45, 7) is 6.70. The molecular weight excluding hydrogens is 1090 g/mol. The van der Waals surface area contributed by atoms with Gasteiger partial charge >= 0.3 is 64.9 Å². The van der Waals surface area contributed by atoms with Gasteiger partial charge in [-0.25, -0.2) is 17.6 Å². The maximum atomic E-state index is 12.9. The number of pyridine rings is 2. The van der Waals surface area contributed by atoms with Gasteiger partial charge in [-0.2, -0.15) is 6.42 Å². The van der Waals surface area contributed by atoms with Crippen LogP contribution in [0.2, 0.25) is 0 Å². The summed E-state index contributed by atoms with van der Waals surface area (Å²) in [7, 11) is 1.61. The third kappa shape index (κ3) is 30.4. The molecule has 42 heavy (non-hydrogen) atoms. The van der Waals surface area contributed by atoms with E-state index in [2.05, 4.69) is 114 Å². The predicted octanol–water partition coefficient (Wildman–Crippen LogP) is 11.4. The Morgan fingerprint density at radius 3 is 1.79 bits per heavy atom. The summed E-state index contributed by atoms with van der Waals surface area (Å²) in [5.74, 6) is -4.16. The first-order chi connectivity index (χ1) is 17.7. The molecule has 5 nitrogen and oxygen atoms in total. The molecule has 0 atom stereocenters. The van der Waals surface area contributed by atoms with Gasteiger partial charge in [0.2, 0.25) is 0 Å². The molecule has 0 amide bonds. The van der Waals surface area contributed by atoms with Crippen molar-refractivity contribution in [3.8, 4) is 5.75 Å². The van der Waals surface area contributed by atoms with E-state index in [1.54, 1.807) is 36.8 Å². The molecule has 2 aromatic heterocycles. The Labute approximate surface area is 312 Å². The molecule has 2 saturated heterocycles. The zero-order chi connectivity index (χ0) is 29.2. The number of hydrogen-bond acceptors (Lipinski definition) is 5. The van der Waals surface area contributed by atoms with Crippen LogP contribution in [0, 0.1) is 6.92 Å². The normalized spacial score (nSPS) is 15.4. The van der Waals surface area contributed by atoms with Crippen molar-refractivity contribution in [1.29, 1.82) is 0 Å². The van der Waals surface area contributed by atoms with Gasteiger partial charge in [0.25, 0.3) is 11.8 Å². The van der Waals surface area contributed by atoms with E-state index in [1.807, 2.05) is 19.1 Å². The standard InChI is InChI=1S/C10H11BrF2N2.C6H6BrNO.C4H7F2N.C3H7.3CH4.ClH.3HI.V/c11-9-3-8(4-14-5-9)6-15-2-1-10(12,13)7-15;1-9-6-2-5(7)3-8-4-6;5-4(6)1-2-7-3-4;1-3-2;;;;;;;;/h3-5H,1-2,6-7H2;2-4H,1H3;7H,1-3H2;1,3H2,2H3;3*1H4;4*1H;/q;;;-1;;;;;;;;+3/p-3. The molecule has 2 aliphatic heterocycles. The molecule has 4 rings (SSSR count). The molecule has 0 radical (unpaired) electrons. The minimum absolute atomic E-state index is 0. The van der Waals surface area contributed by atoms with Gasteiger partial charge in [-0.05, 0) is 49.6 Å². The van der Waals surface area contributed by atoms with E-state index >= 15 is 0 Å². The number of likely N-dealkylation sites (tertiary alicyclic amines) is 1. The van der Waals surface area contributed by atoms with E-state index < -0.39 is 11.8 Å². The van der Waals surface area contributed by atoms with Gasteiger partial charge < -0.3 is 17.0 Å². The Bertz CT molecular complexity index is 909. The Kier molecular flexibility index (Phi) is 38.2. The number of aromatic nitrogens is 2. The molecule has 2 fully saturated rings. The van der Waals surface area contributed by atoms with Crippen molar-refractivity contribution in [3.63, 3.8) is 0 Å². The number of methoxy groups -OCH3 is 1. The molecule has 0 aromatic carbocycles. The molecule has 0 spiro atoms. The number of nitrogens with one attached hydrogen (secondary N) is 1. The average Bonchev–Trinajstić information content (AvgIpc) is 3.38. The first kappa shape index (κ1) is 53.3. The van der Waals surface area contributed by atoms with Crippen LogP contribution >= 0.6 is 104 Å². The third-order valence-corrected chi connectivity index (χ3v) is 5.25. The van der Waals surface area contributed by atoms with Gasteiger partial charge in [0.1, 0.15) is 5.75 Å². The molecule has 250 valence electrons. The van der Waals surface area contributed by atoms with Crippen LogP contribution in [0.25, 0.3) is 0 Å². The Morgan fingerprint density at radius 2 is 1.48 bits per heavy atom. The van der Waals surface area contributed by atoms with E-state index in [0.29, 0.717) is 19.6 Å². The van der Waals surface area contributed by atoms with Crippen LogP contribution in [0.15, 0.2) is 45.9 Å². The van der Waals surface area contributed by atoms with Crippen LogP contribution in [0.1, 0.15) is 54.0 Å². The van der Waals surface area contributed by atoms with Crippen LogP contribution in [0.3, 0.4) is 0 Å². The van der Waals surface area contributed by atoms with Crippen molar-refractivity contribution in [2.24, 2.45) is 0 Å². The van der Waals surface area contributed by atoms with Crippen LogP contribution in [0.5, 0.6) is 5.75 Å². The summed E-state index contributed by atoms with van der Waals surface area (Å²) in [6.07, 6.45) is 7.73. The van der Waals surface area contributed by atoms with Crippen molar-refractivity contribution in [2.75, 3.05) is 33.3 Å². The first-order valence-corrected chi connectivity index (χ1v) is 26.3. The monoisotopic (exact) mass is 1130 g/mol. The molecule has 0 saturated carbocycles. The topological polar surface area (TPSA) is 50.3 Å². The van der Waals surface area contributed by atoms with Crippen LogP contribution in [-0.2, 0) is 11.5 Å².